The van der Waals surface area contributed by atoms with E-state index in [1.807, 2.05) is 13.8 Å². The first-order valence-corrected chi connectivity index (χ1v) is 8.62. The maximum Gasteiger partial charge on any atom is 0.335 e. The molecule has 0 aliphatic heterocycles. The second-order valence-electron chi connectivity index (χ2n) is 6.47. The number of aromatic nitrogens is 2. The Balaban J connectivity index is 2.25. The van der Waals surface area contributed by atoms with Gasteiger partial charge >= 0.3 is 12.0 Å². The molecular weight excluding hydrogens is 320 g/mol. The van der Waals surface area contributed by atoms with Crippen molar-refractivity contribution in [3.8, 4) is 0 Å². The molecule has 7 heteroatoms. The maximum atomic E-state index is 11.7. The van der Waals surface area contributed by atoms with Crippen molar-refractivity contribution >= 4 is 23.0 Å². The van der Waals surface area contributed by atoms with E-state index in [-0.39, 0.29) is 23.7 Å². The van der Waals surface area contributed by atoms with E-state index in [0.717, 1.165) is 17.8 Å². The van der Waals surface area contributed by atoms with E-state index >= 15 is 0 Å². The van der Waals surface area contributed by atoms with Gasteiger partial charge in [0.05, 0.1) is 16.6 Å². The lowest BCUT2D eigenvalue weighted by molar-refractivity contribution is 0.0697. The highest BCUT2D eigenvalue weighted by Gasteiger charge is 2.16. The summed E-state index contributed by atoms with van der Waals surface area (Å²) < 4.78 is 2.13. The quantitative estimate of drug-likeness (QED) is 0.718. The molecule has 3 N–H and O–H groups in total. The Morgan fingerprint density at radius 2 is 2.00 bits per heavy atom. The number of urea groups is 1. The molecule has 0 spiro atoms. The molecular formula is C18H26N4O3. The Morgan fingerprint density at radius 1 is 1.28 bits per heavy atom. The number of carbonyl (C=O) groups excluding carboxylic acids is 1. The number of hydrogen-bond donors (Lipinski definition) is 3. The van der Waals surface area contributed by atoms with Crippen LogP contribution in [-0.4, -0.2) is 39.2 Å². The lowest BCUT2D eigenvalue weighted by Crippen LogP contribution is -2.40. The predicted octanol–water partition coefficient (Wildman–Crippen LogP) is 2.96. The van der Waals surface area contributed by atoms with E-state index in [0.29, 0.717) is 18.5 Å². The summed E-state index contributed by atoms with van der Waals surface area (Å²) >= 11 is 0. The van der Waals surface area contributed by atoms with Crippen LogP contribution in [0.4, 0.5) is 4.79 Å². The van der Waals surface area contributed by atoms with Crippen molar-refractivity contribution in [3.05, 3.63) is 29.6 Å². The number of imidazole rings is 1. The standard InChI is InChI=1S/C18H26N4O3/c1-5-12(4)22-15-7-6-13(17(23)24)10-14(15)21-16(22)8-9-19-18(25)20-11(2)3/h6-7,10-12H,5,8-9H2,1-4H3,(H,23,24)(H2,19,20,25). The molecule has 0 aliphatic carbocycles. The number of nitrogens with one attached hydrogen (secondary N) is 2. The molecule has 0 radical (unpaired) electrons. The van der Waals surface area contributed by atoms with Crippen LogP contribution in [0.2, 0.25) is 0 Å². The van der Waals surface area contributed by atoms with Gasteiger partial charge in [-0.25, -0.2) is 14.6 Å². The van der Waals surface area contributed by atoms with E-state index in [4.69, 9.17) is 5.11 Å². The van der Waals surface area contributed by atoms with E-state index in [9.17, 15) is 9.59 Å². The Labute approximate surface area is 147 Å². The van der Waals surface area contributed by atoms with Crippen LogP contribution in [-0.2, 0) is 6.42 Å². The number of carboxylic acid groups (broad SMARTS) is 1. The van der Waals surface area contributed by atoms with Gasteiger partial charge in [0.15, 0.2) is 0 Å². The van der Waals surface area contributed by atoms with Crippen LogP contribution in [0.1, 0.15) is 56.3 Å². The van der Waals surface area contributed by atoms with Crippen LogP contribution in [0.3, 0.4) is 0 Å². The zero-order valence-corrected chi connectivity index (χ0v) is 15.2. The van der Waals surface area contributed by atoms with Crippen molar-refractivity contribution in [2.24, 2.45) is 0 Å². The fourth-order valence-corrected chi connectivity index (χ4v) is 2.73. The highest BCUT2D eigenvalue weighted by molar-refractivity contribution is 5.92. The van der Waals surface area contributed by atoms with Gasteiger partial charge in [-0.2, -0.15) is 0 Å². The van der Waals surface area contributed by atoms with Gasteiger partial charge in [0.25, 0.3) is 0 Å². The highest BCUT2D eigenvalue weighted by atomic mass is 16.4. The molecule has 2 rings (SSSR count). The number of carboxylic acids is 1. The van der Waals surface area contributed by atoms with Crippen molar-refractivity contribution in [1.29, 1.82) is 0 Å². The molecule has 1 unspecified atom stereocenters. The summed E-state index contributed by atoms with van der Waals surface area (Å²) in [7, 11) is 0. The molecule has 0 bridgehead atoms. The molecule has 0 aliphatic rings. The van der Waals surface area contributed by atoms with Crippen LogP contribution >= 0.6 is 0 Å². The summed E-state index contributed by atoms with van der Waals surface area (Å²) in [6.45, 7) is 8.48. The van der Waals surface area contributed by atoms with Crippen molar-refractivity contribution in [1.82, 2.24) is 20.2 Å². The van der Waals surface area contributed by atoms with Gasteiger partial charge in [-0.15, -0.1) is 0 Å². The third-order valence-corrected chi connectivity index (χ3v) is 4.10. The molecule has 1 atom stereocenters. The Hall–Kier alpha value is -2.57. The number of fused-ring (bicyclic) bond motifs is 1. The van der Waals surface area contributed by atoms with Crippen molar-refractivity contribution < 1.29 is 14.7 Å². The molecule has 2 aromatic rings. The van der Waals surface area contributed by atoms with Gasteiger partial charge in [0, 0.05) is 25.0 Å². The number of nitrogens with zero attached hydrogens (tertiary/aromatic N) is 2. The fraction of sp³-hybridized carbons (Fsp3) is 0.500. The molecule has 0 saturated heterocycles. The number of aromatic carboxylic acids is 1. The molecule has 0 saturated carbocycles. The summed E-state index contributed by atoms with van der Waals surface area (Å²) in [4.78, 5) is 27.5. The van der Waals surface area contributed by atoms with Crippen molar-refractivity contribution in [2.45, 2.75) is 52.6 Å². The smallest absolute Gasteiger partial charge is 0.335 e. The molecule has 1 aromatic heterocycles. The Morgan fingerprint density at radius 3 is 2.60 bits per heavy atom. The van der Waals surface area contributed by atoms with Gasteiger partial charge in [0.2, 0.25) is 0 Å². The zero-order valence-electron chi connectivity index (χ0n) is 15.2. The van der Waals surface area contributed by atoms with Gasteiger partial charge in [0.1, 0.15) is 5.82 Å². The minimum Gasteiger partial charge on any atom is -0.478 e. The van der Waals surface area contributed by atoms with Crippen LogP contribution < -0.4 is 10.6 Å². The van der Waals surface area contributed by atoms with Crippen LogP contribution in [0.15, 0.2) is 18.2 Å². The second-order valence-corrected chi connectivity index (χ2v) is 6.47. The largest absolute Gasteiger partial charge is 0.478 e. The average molecular weight is 346 g/mol. The minimum atomic E-state index is -0.964. The zero-order chi connectivity index (χ0) is 18.6. The number of amides is 2. The summed E-state index contributed by atoms with van der Waals surface area (Å²) in [5.41, 5.74) is 1.81. The van der Waals surface area contributed by atoms with Crippen LogP contribution in [0.5, 0.6) is 0 Å². The lowest BCUT2D eigenvalue weighted by atomic mass is 10.2. The molecule has 7 nitrogen and oxygen atoms in total. The van der Waals surface area contributed by atoms with Gasteiger partial charge in [-0.1, -0.05) is 6.92 Å². The second kappa shape index (κ2) is 8.00. The molecule has 1 aromatic carbocycles. The molecule has 136 valence electrons. The minimum absolute atomic E-state index is 0.0825. The van der Waals surface area contributed by atoms with Gasteiger partial charge in [-0.3, -0.25) is 0 Å². The first kappa shape index (κ1) is 18.8. The predicted molar refractivity (Wildman–Crippen MR) is 97.1 cm³/mol. The average Bonchev–Trinajstić information content (AvgIpc) is 2.90. The normalized spacial score (nSPS) is 12.4. The van der Waals surface area contributed by atoms with E-state index in [1.165, 1.54) is 0 Å². The Bertz CT molecular complexity index is 767. The van der Waals surface area contributed by atoms with E-state index < -0.39 is 5.97 Å². The van der Waals surface area contributed by atoms with E-state index in [1.54, 1.807) is 18.2 Å². The molecule has 1 heterocycles. The fourth-order valence-electron chi connectivity index (χ4n) is 2.73. The summed E-state index contributed by atoms with van der Waals surface area (Å²) in [5.74, 6) is -0.120. The SMILES string of the molecule is CCC(C)n1c(CCNC(=O)NC(C)C)nc2cc(C(=O)O)ccc21. The molecule has 0 fully saturated rings. The van der Waals surface area contributed by atoms with Crippen LogP contribution in [0.25, 0.3) is 11.0 Å². The number of carbonyl (C=O) groups is 2. The van der Waals surface area contributed by atoms with Crippen LogP contribution in [0, 0.1) is 0 Å². The first-order chi connectivity index (χ1) is 11.8. The molecule has 25 heavy (non-hydrogen) atoms. The van der Waals surface area contributed by atoms with Crippen molar-refractivity contribution in [2.75, 3.05) is 6.54 Å². The summed E-state index contributed by atoms with van der Waals surface area (Å²) in [5, 5.41) is 14.8. The van der Waals surface area contributed by atoms with Gasteiger partial charge in [-0.05, 0) is 45.4 Å². The molecule has 2 amide bonds. The lowest BCUT2D eigenvalue weighted by Gasteiger charge is -2.16. The highest BCUT2D eigenvalue weighted by Crippen LogP contribution is 2.24. The van der Waals surface area contributed by atoms with Crippen molar-refractivity contribution in [3.63, 3.8) is 0 Å². The summed E-state index contributed by atoms with van der Waals surface area (Å²) in [6.07, 6.45) is 1.51. The van der Waals surface area contributed by atoms with Gasteiger partial charge < -0.3 is 20.3 Å². The number of benzene rings is 1. The van der Waals surface area contributed by atoms with E-state index in [2.05, 4.69) is 34.0 Å². The topological polar surface area (TPSA) is 96.3 Å². The summed E-state index contributed by atoms with van der Waals surface area (Å²) in [6, 6.07) is 5.12. The maximum absolute atomic E-state index is 11.7. The Kier molecular flexibility index (Phi) is 6.01. The third-order valence-electron chi connectivity index (χ3n) is 4.10. The number of rotatable bonds is 7. The number of hydrogen-bond acceptors (Lipinski definition) is 3. The first-order valence-electron chi connectivity index (χ1n) is 8.62. The monoisotopic (exact) mass is 346 g/mol. The third kappa shape index (κ3) is 4.49.